The molecule has 0 aliphatic carbocycles. The van der Waals surface area contributed by atoms with Gasteiger partial charge in [0.1, 0.15) is 0 Å². The molecule has 7 nitrogen and oxygen atoms in total. The van der Waals surface area contributed by atoms with Gasteiger partial charge in [0.05, 0.1) is 18.3 Å². The summed E-state index contributed by atoms with van der Waals surface area (Å²) in [5.74, 6) is -0.193. The molecule has 182 valence electrons. The molecule has 0 spiro atoms. The number of urea groups is 1. The number of rotatable bonds is 6. The molecule has 0 bridgehead atoms. The van der Waals surface area contributed by atoms with Crippen LogP contribution in [0.1, 0.15) is 36.3 Å². The van der Waals surface area contributed by atoms with Crippen LogP contribution >= 0.6 is 11.3 Å². The van der Waals surface area contributed by atoms with Crippen LogP contribution in [0.25, 0.3) is 10.1 Å². The highest BCUT2D eigenvalue weighted by Gasteiger charge is 2.58. The van der Waals surface area contributed by atoms with Gasteiger partial charge in [-0.25, -0.2) is 4.79 Å². The largest absolute Gasteiger partial charge is 0.376 e. The minimum Gasteiger partial charge on any atom is -0.376 e. The molecular weight excluding hydrogens is 460 g/mol. The van der Waals surface area contributed by atoms with E-state index in [-0.39, 0.29) is 24.0 Å². The van der Waals surface area contributed by atoms with Crippen molar-refractivity contribution < 1.29 is 14.3 Å². The van der Waals surface area contributed by atoms with Crippen molar-refractivity contribution in [3.05, 3.63) is 65.3 Å². The molecule has 0 radical (unpaired) electrons. The molecular formula is C27H30N4O3S. The lowest BCUT2D eigenvalue weighted by atomic mass is 9.75. The van der Waals surface area contributed by atoms with Crippen molar-refractivity contribution in [3.8, 4) is 0 Å². The number of likely N-dealkylation sites (tertiary alicyclic amines) is 1. The van der Waals surface area contributed by atoms with E-state index in [2.05, 4.69) is 45.5 Å². The number of carbonyl (C=O) groups excluding carboxylic acids is 2. The highest BCUT2D eigenvalue weighted by molar-refractivity contribution is 7.19. The fourth-order valence-corrected chi connectivity index (χ4v) is 6.97. The third-order valence-corrected chi connectivity index (χ3v) is 8.77. The van der Waals surface area contributed by atoms with E-state index in [4.69, 9.17) is 4.74 Å². The number of piperidine rings is 1. The fourth-order valence-electron chi connectivity index (χ4n) is 5.87. The standard InChI is InChI=1S/C27H30N4O3S/c32-25-27(24-9-3-4-12-28-24,29-26(33)31(25)17-21-7-5-15-34-21)20-10-13-30(14-11-20)18-22-16-19-6-1-2-8-23(19)35-22/h1-4,6,8-9,12,16,20-21H,5,7,10-11,13-15,17-18H2,(H,29,33). The average molecular weight is 491 g/mol. The fraction of sp³-hybridized carbons (Fsp3) is 0.444. The second kappa shape index (κ2) is 9.33. The summed E-state index contributed by atoms with van der Waals surface area (Å²) >= 11 is 1.85. The van der Waals surface area contributed by atoms with Crippen molar-refractivity contribution in [2.24, 2.45) is 5.92 Å². The van der Waals surface area contributed by atoms with Crippen LogP contribution in [-0.2, 0) is 21.6 Å². The van der Waals surface area contributed by atoms with Crippen molar-refractivity contribution in [2.75, 3.05) is 26.2 Å². The van der Waals surface area contributed by atoms with Gasteiger partial charge in [-0.05, 0) is 74.3 Å². The van der Waals surface area contributed by atoms with E-state index in [1.165, 1.54) is 19.9 Å². The number of aromatic nitrogens is 1. The molecule has 3 fully saturated rings. The summed E-state index contributed by atoms with van der Waals surface area (Å²) < 4.78 is 7.04. The van der Waals surface area contributed by atoms with E-state index in [9.17, 15) is 9.59 Å². The Morgan fingerprint density at radius 1 is 1.09 bits per heavy atom. The molecule has 6 rings (SSSR count). The molecule has 3 aliphatic heterocycles. The second-order valence-electron chi connectivity index (χ2n) is 9.80. The molecule has 2 atom stereocenters. The third-order valence-electron chi connectivity index (χ3n) is 7.67. The number of thiophene rings is 1. The first-order valence-corrected chi connectivity index (χ1v) is 13.3. The number of amides is 3. The lowest BCUT2D eigenvalue weighted by Gasteiger charge is -2.40. The third kappa shape index (κ3) is 4.13. The quantitative estimate of drug-likeness (QED) is 0.526. The number of nitrogens with zero attached hydrogens (tertiary/aromatic N) is 3. The van der Waals surface area contributed by atoms with Gasteiger partial charge in [-0.1, -0.05) is 24.3 Å². The second-order valence-corrected chi connectivity index (χ2v) is 11.0. The summed E-state index contributed by atoms with van der Waals surface area (Å²) in [5.41, 5.74) is -0.475. The molecule has 3 saturated heterocycles. The van der Waals surface area contributed by atoms with Crippen LogP contribution in [0.4, 0.5) is 4.79 Å². The zero-order chi connectivity index (χ0) is 23.8. The van der Waals surface area contributed by atoms with Crippen LogP contribution in [0.15, 0.2) is 54.7 Å². The van der Waals surface area contributed by atoms with Gasteiger partial charge >= 0.3 is 6.03 Å². The van der Waals surface area contributed by atoms with Crippen molar-refractivity contribution >= 4 is 33.4 Å². The number of carbonyl (C=O) groups is 2. The highest BCUT2D eigenvalue weighted by atomic mass is 32.1. The monoisotopic (exact) mass is 490 g/mol. The Bertz CT molecular complexity index is 1180. The SMILES string of the molecule is O=C1NC(c2ccccn2)(C2CCN(Cc3cc4ccccc4s3)CC2)C(=O)N1CC1CCCO1. The normalized spacial score (nSPS) is 26.1. The van der Waals surface area contributed by atoms with Gasteiger partial charge < -0.3 is 10.1 Å². The predicted octanol–water partition coefficient (Wildman–Crippen LogP) is 4.13. The number of fused-ring (bicyclic) bond motifs is 1. The Morgan fingerprint density at radius 3 is 2.66 bits per heavy atom. The van der Waals surface area contributed by atoms with Crippen LogP contribution in [0.5, 0.6) is 0 Å². The Hall–Kier alpha value is -2.81. The van der Waals surface area contributed by atoms with Crippen molar-refractivity contribution in [1.82, 2.24) is 20.1 Å². The molecule has 2 unspecified atom stereocenters. The Kier molecular flexibility index (Phi) is 6.04. The molecule has 1 N–H and O–H groups in total. The maximum atomic E-state index is 13.9. The van der Waals surface area contributed by atoms with Crippen molar-refractivity contribution in [1.29, 1.82) is 0 Å². The van der Waals surface area contributed by atoms with Gasteiger partial charge in [-0.3, -0.25) is 19.6 Å². The number of benzene rings is 1. The Balaban J connectivity index is 1.21. The minimum absolute atomic E-state index is 0.0120. The summed E-state index contributed by atoms with van der Waals surface area (Å²) in [4.78, 5) is 36.8. The molecule has 5 heterocycles. The van der Waals surface area contributed by atoms with Gasteiger partial charge in [0.2, 0.25) is 0 Å². The number of imide groups is 1. The van der Waals surface area contributed by atoms with E-state index < -0.39 is 5.54 Å². The first-order valence-electron chi connectivity index (χ1n) is 12.5. The van der Waals surface area contributed by atoms with Crippen LogP contribution < -0.4 is 5.32 Å². The maximum Gasteiger partial charge on any atom is 0.325 e. The van der Waals surface area contributed by atoms with Crippen molar-refractivity contribution in [2.45, 2.75) is 43.9 Å². The van der Waals surface area contributed by atoms with E-state index in [0.717, 1.165) is 45.3 Å². The minimum atomic E-state index is -1.11. The molecule has 3 aliphatic rings. The van der Waals surface area contributed by atoms with E-state index >= 15 is 0 Å². The van der Waals surface area contributed by atoms with Crippen LogP contribution in [-0.4, -0.2) is 59.1 Å². The van der Waals surface area contributed by atoms with E-state index in [0.29, 0.717) is 18.8 Å². The lowest BCUT2D eigenvalue weighted by Crippen LogP contribution is -2.54. The zero-order valence-electron chi connectivity index (χ0n) is 19.7. The van der Waals surface area contributed by atoms with E-state index in [1.54, 1.807) is 6.20 Å². The zero-order valence-corrected chi connectivity index (χ0v) is 20.5. The molecule has 3 aromatic rings. The van der Waals surface area contributed by atoms with E-state index in [1.807, 2.05) is 29.5 Å². The topological polar surface area (TPSA) is 74.8 Å². The first kappa shape index (κ1) is 22.6. The van der Waals surface area contributed by atoms with Crippen molar-refractivity contribution in [3.63, 3.8) is 0 Å². The summed E-state index contributed by atoms with van der Waals surface area (Å²) in [7, 11) is 0. The molecule has 8 heteroatoms. The molecule has 1 aromatic carbocycles. The predicted molar refractivity (Wildman–Crippen MR) is 135 cm³/mol. The first-order chi connectivity index (χ1) is 17.1. The number of nitrogens with one attached hydrogen (secondary N) is 1. The lowest BCUT2D eigenvalue weighted by molar-refractivity contribution is -0.135. The van der Waals surface area contributed by atoms with Gasteiger partial charge in [-0.2, -0.15) is 0 Å². The summed E-state index contributed by atoms with van der Waals surface area (Å²) in [6, 6.07) is 16.1. The number of pyridine rings is 1. The maximum absolute atomic E-state index is 13.9. The van der Waals surface area contributed by atoms with Crippen LogP contribution in [0.2, 0.25) is 0 Å². The Labute approximate surface area is 209 Å². The van der Waals surface area contributed by atoms with Crippen LogP contribution in [0, 0.1) is 5.92 Å². The van der Waals surface area contributed by atoms with Gasteiger partial charge in [0.25, 0.3) is 5.91 Å². The number of hydrogen-bond acceptors (Lipinski definition) is 6. The molecule has 35 heavy (non-hydrogen) atoms. The summed E-state index contributed by atoms with van der Waals surface area (Å²) in [6.07, 6.45) is 5.12. The molecule has 0 saturated carbocycles. The van der Waals surface area contributed by atoms with Gasteiger partial charge in [0, 0.05) is 28.9 Å². The average Bonchev–Trinajstić information content (AvgIpc) is 3.60. The number of hydrogen-bond donors (Lipinski definition) is 1. The molecule has 3 amide bonds. The summed E-state index contributed by atoms with van der Waals surface area (Å²) in [6.45, 7) is 3.67. The van der Waals surface area contributed by atoms with Crippen LogP contribution in [0.3, 0.4) is 0 Å². The summed E-state index contributed by atoms with van der Waals surface area (Å²) in [5, 5.41) is 4.41. The number of ether oxygens (including phenoxy) is 1. The van der Waals surface area contributed by atoms with Gasteiger partial charge in [-0.15, -0.1) is 11.3 Å². The highest BCUT2D eigenvalue weighted by Crippen LogP contribution is 2.41. The van der Waals surface area contributed by atoms with Gasteiger partial charge in [0.15, 0.2) is 5.54 Å². The molecule has 2 aromatic heterocycles. The Morgan fingerprint density at radius 2 is 1.91 bits per heavy atom. The smallest absolute Gasteiger partial charge is 0.325 e.